The summed E-state index contributed by atoms with van der Waals surface area (Å²) in [6.07, 6.45) is 0.432. The number of hydrogen-bond donors (Lipinski definition) is 2. The molecule has 1 aromatic rings. The highest BCUT2D eigenvalue weighted by Crippen LogP contribution is 2.30. The van der Waals surface area contributed by atoms with E-state index in [1.54, 1.807) is 6.07 Å². The van der Waals surface area contributed by atoms with Crippen molar-refractivity contribution in [1.29, 1.82) is 0 Å². The summed E-state index contributed by atoms with van der Waals surface area (Å²) < 4.78 is 0. The van der Waals surface area contributed by atoms with Crippen molar-refractivity contribution in [3.05, 3.63) is 29.3 Å². The number of halogens is 1. The Morgan fingerprint density at radius 2 is 1.88 bits per heavy atom. The maximum atomic E-state index is 10.9. The molecule has 0 saturated carbocycles. The number of piperidine rings is 1. The molecule has 0 aliphatic carbocycles. The molecule has 4 nitrogen and oxygen atoms in total. The maximum Gasteiger partial charge on any atom is 0.335 e. The number of para-hydroxylation sites is 1. The van der Waals surface area contributed by atoms with Crippen LogP contribution in [0.3, 0.4) is 0 Å². The summed E-state index contributed by atoms with van der Waals surface area (Å²) in [7, 11) is 0. The molecule has 5 heteroatoms. The first-order chi connectivity index (χ1) is 8.03. The van der Waals surface area contributed by atoms with E-state index in [0.29, 0.717) is 18.1 Å². The first-order valence-corrected chi connectivity index (χ1v) is 5.86. The lowest BCUT2D eigenvalue weighted by molar-refractivity contribution is -0.160. The summed E-state index contributed by atoms with van der Waals surface area (Å²) in [6, 6.07) is 7.44. The van der Waals surface area contributed by atoms with Gasteiger partial charge in [0, 0.05) is 25.9 Å². The number of aliphatic hydroxyl groups is 1. The van der Waals surface area contributed by atoms with Crippen molar-refractivity contribution in [2.75, 3.05) is 18.0 Å². The van der Waals surface area contributed by atoms with Crippen molar-refractivity contribution < 1.29 is 15.0 Å². The van der Waals surface area contributed by atoms with Crippen LogP contribution >= 0.6 is 11.6 Å². The average Bonchev–Trinajstić information content (AvgIpc) is 2.31. The largest absolute Gasteiger partial charge is 0.479 e. The Bertz CT molecular complexity index is 428. The summed E-state index contributed by atoms with van der Waals surface area (Å²) in [5.74, 6) is -1.14. The number of anilines is 1. The van der Waals surface area contributed by atoms with Crippen molar-refractivity contribution in [2.45, 2.75) is 18.4 Å². The van der Waals surface area contributed by atoms with Gasteiger partial charge in [0.1, 0.15) is 0 Å². The molecule has 0 bridgehead atoms. The average molecular weight is 256 g/mol. The summed E-state index contributed by atoms with van der Waals surface area (Å²) in [5.41, 5.74) is -0.695. The lowest BCUT2D eigenvalue weighted by Gasteiger charge is -2.36. The van der Waals surface area contributed by atoms with E-state index >= 15 is 0 Å². The minimum Gasteiger partial charge on any atom is -0.479 e. The van der Waals surface area contributed by atoms with Crippen molar-refractivity contribution in [1.82, 2.24) is 0 Å². The Labute approximate surface area is 104 Å². The normalized spacial score (nSPS) is 19.1. The molecule has 1 aromatic carbocycles. The highest BCUT2D eigenvalue weighted by atomic mass is 35.5. The summed E-state index contributed by atoms with van der Waals surface area (Å²) in [6.45, 7) is 0.985. The second kappa shape index (κ2) is 4.55. The number of carboxylic acids is 1. The zero-order valence-electron chi connectivity index (χ0n) is 9.27. The van der Waals surface area contributed by atoms with Crippen molar-refractivity contribution in [2.24, 2.45) is 0 Å². The highest BCUT2D eigenvalue weighted by Gasteiger charge is 2.39. The molecule has 0 atom stereocenters. The molecule has 2 N–H and O–H groups in total. The number of rotatable bonds is 2. The van der Waals surface area contributed by atoms with E-state index in [0.717, 1.165) is 5.69 Å². The highest BCUT2D eigenvalue weighted by molar-refractivity contribution is 6.33. The number of benzene rings is 1. The van der Waals surface area contributed by atoms with Crippen LogP contribution < -0.4 is 4.90 Å². The lowest BCUT2D eigenvalue weighted by atomic mass is 9.91. The molecule has 1 aliphatic heterocycles. The number of aliphatic carboxylic acids is 1. The molecule has 2 rings (SSSR count). The SMILES string of the molecule is O=C(O)C1(O)CCN(c2ccccc2Cl)CC1. The van der Waals surface area contributed by atoms with E-state index in [1.807, 2.05) is 23.1 Å². The molecule has 0 spiro atoms. The van der Waals surface area contributed by atoms with E-state index in [4.69, 9.17) is 16.7 Å². The molecule has 1 aliphatic rings. The molecular formula is C12H14ClNO3. The monoisotopic (exact) mass is 255 g/mol. The topological polar surface area (TPSA) is 60.8 Å². The molecule has 1 saturated heterocycles. The fourth-order valence-electron chi connectivity index (χ4n) is 2.04. The van der Waals surface area contributed by atoms with Gasteiger partial charge in [0.2, 0.25) is 0 Å². The predicted molar refractivity (Wildman–Crippen MR) is 65.5 cm³/mol. The quantitative estimate of drug-likeness (QED) is 0.845. The second-order valence-corrected chi connectivity index (χ2v) is 4.68. The van der Waals surface area contributed by atoms with Gasteiger partial charge in [-0.2, -0.15) is 0 Å². The van der Waals surface area contributed by atoms with Gasteiger partial charge >= 0.3 is 5.97 Å². The van der Waals surface area contributed by atoms with E-state index in [2.05, 4.69) is 0 Å². The van der Waals surface area contributed by atoms with E-state index in [1.165, 1.54) is 0 Å². The molecule has 17 heavy (non-hydrogen) atoms. The van der Waals surface area contributed by atoms with Crippen LogP contribution in [0.4, 0.5) is 5.69 Å². The number of carbonyl (C=O) groups is 1. The fourth-order valence-corrected chi connectivity index (χ4v) is 2.29. The second-order valence-electron chi connectivity index (χ2n) is 4.28. The minimum absolute atomic E-state index is 0.216. The fraction of sp³-hybridized carbons (Fsp3) is 0.417. The molecule has 92 valence electrons. The third kappa shape index (κ3) is 2.37. The van der Waals surface area contributed by atoms with Crippen molar-refractivity contribution in [3.8, 4) is 0 Å². The van der Waals surface area contributed by atoms with E-state index in [-0.39, 0.29) is 12.8 Å². The van der Waals surface area contributed by atoms with Crippen LogP contribution in [-0.2, 0) is 4.79 Å². The van der Waals surface area contributed by atoms with Crippen LogP contribution in [0.15, 0.2) is 24.3 Å². The lowest BCUT2D eigenvalue weighted by Crippen LogP contribution is -2.49. The Morgan fingerprint density at radius 3 is 2.41 bits per heavy atom. The third-order valence-electron chi connectivity index (χ3n) is 3.18. The molecule has 1 fully saturated rings. The van der Waals surface area contributed by atoms with Crippen LogP contribution in [0.5, 0.6) is 0 Å². The number of carboxylic acid groups (broad SMARTS) is 1. The number of nitrogens with zero attached hydrogens (tertiary/aromatic N) is 1. The Kier molecular flexibility index (Phi) is 3.26. The Morgan fingerprint density at radius 1 is 1.29 bits per heavy atom. The van der Waals surface area contributed by atoms with Gasteiger partial charge in [-0.3, -0.25) is 0 Å². The van der Waals surface area contributed by atoms with E-state index in [9.17, 15) is 9.90 Å². The molecular weight excluding hydrogens is 242 g/mol. The Balaban J connectivity index is 2.10. The van der Waals surface area contributed by atoms with Crippen molar-refractivity contribution >= 4 is 23.3 Å². The molecule has 0 radical (unpaired) electrons. The maximum absolute atomic E-state index is 10.9. The van der Waals surface area contributed by atoms with Gasteiger partial charge in [-0.15, -0.1) is 0 Å². The summed E-state index contributed by atoms with van der Waals surface area (Å²) in [4.78, 5) is 12.9. The third-order valence-corrected chi connectivity index (χ3v) is 3.50. The Hall–Kier alpha value is -1.26. The smallest absolute Gasteiger partial charge is 0.335 e. The summed E-state index contributed by atoms with van der Waals surface area (Å²) >= 11 is 6.07. The van der Waals surface area contributed by atoms with E-state index < -0.39 is 11.6 Å². The van der Waals surface area contributed by atoms with Crippen LogP contribution in [0, 0.1) is 0 Å². The first-order valence-electron chi connectivity index (χ1n) is 5.48. The van der Waals surface area contributed by atoms with Gasteiger partial charge < -0.3 is 15.1 Å². The molecule has 0 unspecified atom stereocenters. The van der Waals surface area contributed by atoms with Crippen LogP contribution in [0.2, 0.25) is 5.02 Å². The zero-order chi connectivity index (χ0) is 12.5. The molecule has 0 amide bonds. The first kappa shape index (κ1) is 12.2. The standard InChI is InChI=1S/C12H14ClNO3/c13-9-3-1-2-4-10(9)14-7-5-12(17,6-8-14)11(15)16/h1-4,17H,5-8H2,(H,15,16). The number of hydrogen-bond acceptors (Lipinski definition) is 3. The van der Waals surface area contributed by atoms with Crippen LogP contribution in [-0.4, -0.2) is 34.9 Å². The van der Waals surface area contributed by atoms with Crippen LogP contribution in [0.1, 0.15) is 12.8 Å². The molecule has 1 heterocycles. The van der Waals surface area contributed by atoms with Gasteiger partial charge in [0.15, 0.2) is 5.60 Å². The molecule has 0 aromatic heterocycles. The van der Waals surface area contributed by atoms with Gasteiger partial charge in [0.05, 0.1) is 10.7 Å². The predicted octanol–water partition coefficient (Wildman–Crippen LogP) is 1.76. The minimum atomic E-state index is -1.59. The van der Waals surface area contributed by atoms with Gasteiger partial charge in [0.25, 0.3) is 0 Å². The van der Waals surface area contributed by atoms with Crippen LogP contribution in [0.25, 0.3) is 0 Å². The zero-order valence-corrected chi connectivity index (χ0v) is 10.0. The van der Waals surface area contributed by atoms with Gasteiger partial charge in [-0.1, -0.05) is 23.7 Å². The van der Waals surface area contributed by atoms with Crippen molar-refractivity contribution in [3.63, 3.8) is 0 Å². The van der Waals surface area contributed by atoms with Gasteiger partial charge in [-0.05, 0) is 12.1 Å². The van der Waals surface area contributed by atoms with Gasteiger partial charge in [-0.25, -0.2) is 4.79 Å². The summed E-state index contributed by atoms with van der Waals surface area (Å²) in [5, 5.41) is 19.4.